The van der Waals surface area contributed by atoms with E-state index in [0.29, 0.717) is 12.5 Å². The molecule has 1 saturated carbocycles. The van der Waals surface area contributed by atoms with Gasteiger partial charge in [-0.25, -0.2) is 0 Å². The molecule has 2 atom stereocenters. The van der Waals surface area contributed by atoms with E-state index in [4.69, 9.17) is 4.74 Å². The van der Waals surface area contributed by atoms with Crippen molar-refractivity contribution >= 4 is 22.4 Å². The third kappa shape index (κ3) is 2.96. The predicted molar refractivity (Wildman–Crippen MR) is 83.9 cm³/mol. The predicted octanol–water partition coefficient (Wildman–Crippen LogP) is 1.44. The first-order chi connectivity index (χ1) is 10.7. The van der Waals surface area contributed by atoms with Crippen LogP contribution in [-0.2, 0) is 9.53 Å². The highest BCUT2D eigenvalue weighted by Gasteiger charge is 2.46. The van der Waals surface area contributed by atoms with E-state index < -0.39 is 0 Å². The number of anilines is 1. The van der Waals surface area contributed by atoms with Crippen LogP contribution in [-0.4, -0.2) is 48.4 Å². The van der Waals surface area contributed by atoms with E-state index in [1.807, 2.05) is 0 Å². The summed E-state index contributed by atoms with van der Waals surface area (Å²) in [6, 6.07) is 0. The third-order valence-electron chi connectivity index (χ3n) is 5.04. The first-order valence-electron chi connectivity index (χ1n) is 8.15. The summed E-state index contributed by atoms with van der Waals surface area (Å²) in [5.41, 5.74) is 1.88. The molecule has 1 spiro atoms. The Labute approximate surface area is 134 Å². The van der Waals surface area contributed by atoms with Crippen molar-refractivity contribution in [2.24, 2.45) is 11.3 Å². The van der Waals surface area contributed by atoms with Crippen LogP contribution in [0.25, 0.3) is 0 Å². The number of carbonyl (C=O) groups is 1. The number of carbonyl (C=O) groups excluding carboxylic acids is 1. The van der Waals surface area contributed by atoms with Crippen LogP contribution in [0, 0.1) is 11.3 Å². The topological polar surface area (TPSA) is 67.4 Å². The molecule has 4 rings (SSSR count). The van der Waals surface area contributed by atoms with Gasteiger partial charge in [0.25, 0.3) is 0 Å². The Morgan fingerprint density at radius 1 is 1.55 bits per heavy atom. The zero-order chi connectivity index (χ0) is 15.0. The summed E-state index contributed by atoms with van der Waals surface area (Å²) in [6.45, 7) is 3.45. The Hall–Kier alpha value is -1.21. The van der Waals surface area contributed by atoms with E-state index in [9.17, 15) is 4.79 Å². The van der Waals surface area contributed by atoms with Crippen LogP contribution >= 0.6 is 11.3 Å². The van der Waals surface area contributed by atoms with Crippen LogP contribution < -0.4 is 10.2 Å². The maximum atomic E-state index is 12.2. The zero-order valence-corrected chi connectivity index (χ0v) is 13.5. The first-order valence-corrected chi connectivity index (χ1v) is 9.03. The van der Waals surface area contributed by atoms with E-state index in [-0.39, 0.29) is 17.4 Å². The number of aromatic nitrogens is 2. The van der Waals surface area contributed by atoms with Crippen LogP contribution in [0.2, 0.25) is 0 Å². The minimum absolute atomic E-state index is 0.0804. The van der Waals surface area contributed by atoms with Crippen molar-refractivity contribution in [1.82, 2.24) is 15.5 Å². The molecule has 1 N–H and O–H groups in total. The number of rotatable bonds is 4. The molecular formula is C15H22N4O2S. The lowest BCUT2D eigenvalue weighted by Crippen LogP contribution is -2.44. The molecule has 2 aliphatic heterocycles. The lowest BCUT2D eigenvalue weighted by atomic mass is 9.78. The summed E-state index contributed by atoms with van der Waals surface area (Å²) in [4.78, 5) is 14.5. The largest absolute Gasteiger partial charge is 0.368 e. The number of amides is 1. The fourth-order valence-electron chi connectivity index (χ4n) is 3.60. The van der Waals surface area contributed by atoms with Crippen LogP contribution in [0.15, 0.2) is 5.51 Å². The summed E-state index contributed by atoms with van der Waals surface area (Å²) < 4.78 is 5.86. The molecule has 1 aromatic heterocycles. The Morgan fingerprint density at radius 3 is 3.23 bits per heavy atom. The maximum Gasteiger partial charge on any atom is 0.249 e. The number of hydrogen-bond acceptors (Lipinski definition) is 6. The molecule has 120 valence electrons. The minimum Gasteiger partial charge on any atom is -0.368 e. The van der Waals surface area contributed by atoms with Gasteiger partial charge in [-0.1, -0.05) is 11.3 Å². The molecule has 3 heterocycles. The van der Waals surface area contributed by atoms with Gasteiger partial charge in [-0.3, -0.25) is 4.79 Å². The van der Waals surface area contributed by atoms with Gasteiger partial charge in [0, 0.05) is 25.0 Å². The summed E-state index contributed by atoms with van der Waals surface area (Å²) in [5.74, 6) is 0.790. The van der Waals surface area contributed by atoms with Crippen LogP contribution in [0.5, 0.6) is 0 Å². The monoisotopic (exact) mass is 322 g/mol. The van der Waals surface area contributed by atoms with Crippen molar-refractivity contribution < 1.29 is 9.53 Å². The van der Waals surface area contributed by atoms with Crippen molar-refractivity contribution in [3.63, 3.8) is 0 Å². The average Bonchev–Trinajstić information content (AvgIpc) is 3.03. The van der Waals surface area contributed by atoms with Gasteiger partial charge in [-0.2, -0.15) is 0 Å². The van der Waals surface area contributed by atoms with Gasteiger partial charge in [0.15, 0.2) is 0 Å². The van der Waals surface area contributed by atoms with Crippen molar-refractivity contribution in [2.45, 2.75) is 38.2 Å². The number of piperidine rings is 1. The van der Waals surface area contributed by atoms with Gasteiger partial charge in [0.2, 0.25) is 11.0 Å². The summed E-state index contributed by atoms with van der Waals surface area (Å²) >= 11 is 1.58. The van der Waals surface area contributed by atoms with Crippen LogP contribution in [0.1, 0.15) is 32.1 Å². The van der Waals surface area contributed by atoms with Crippen LogP contribution in [0.4, 0.5) is 5.13 Å². The smallest absolute Gasteiger partial charge is 0.249 e. The Kier molecular flexibility index (Phi) is 3.78. The maximum absolute atomic E-state index is 12.2. The molecule has 0 unspecified atom stereocenters. The molecule has 3 aliphatic rings. The van der Waals surface area contributed by atoms with Gasteiger partial charge < -0.3 is 15.0 Å². The van der Waals surface area contributed by atoms with Crippen LogP contribution in [0.3, 0.4) is 0 Å². The molecule has 7 heteroatoms. The third-order valence-corrected chi connectivity index (χ3v) is 5.79. The molecule has 0 aromatic carbocycles. The van der Waals surface area contributed by atoms with E-state index in [1.165, 1.54) is 12.8 Å². The highest BCUT2D eigenvalue weighted by atomic mass is 32.1. The normalized spacial score (nSPS) is 31.6. The standard InChI is InChI=1S/C15H22N4O2S/c20-13(16-7-11-2-3-11)12-6-15(9-21-12)4-1-5-19(8-15)14-18-17-10-22-14/h10-12H,1-9H2,(H,16,20)/t12-,15+/m0/s1. The summed E-state index contributed by atoms with van der Waals surface area (Å²) in [5, 5.41) is 12.1. The fraction of sp³-hybridized carbons (Fsp3) is 0.800. The second kappa shape index (κ2) is 5.77. The van der Waals surface area contributed by atoms with Gasteiger partial charge >= 0.3 is 0 Å². The summed E-state index contributed by atoms with van der Waals surface area (Å²) in [7, 11) is 0. The van der Waals surface area contributed by atoms with E-state index in [0.717, 1.165) is 44.0 Å². The molecule has 1 aromatic rings. The summed E-state index contributed by atoms with van der Waals surface area (Å²) in [6.07, 6.45) is 5.33. The average molecular weight is 322 g/mol. The zero-order valence-electron chi connectivity index (χ0n) is 12.7. The molecule has 2 saturated heterocycles. The molecule has 1 aliphatic carbocycles. The van der Waals surface area contributed by atoms with Gasteiger partial charge in [0.05, 0.1) is 6.61 Å². The van der Waals surface area contributed by atoms with E-state index in [1.54, 1.807) is 16.8 Å². The van der Waals surface area contributed by atoms with Gasteiger partial charge in [-0.05, 0) is 38.0 Å². The van der Waals surface area contributed by atoms with Gasteiger partial charge in [-0.15, -0.1) is 10.2 Å². The molecule has 6 nitrogen and oxygen atoms in total. The first kappa shape index (κ1) is 14.4. The number of nitrogens with one attached hydrogen (secondary N) is 1. The number of ether oxygens (including phenoxy) is 1. The highest BCUT2D eigenvalue weighted by molar-refractivity contribution is 7.13. The lowest BCUT2D eigenvalue weighted by Gasteiger charge is -2.39. The molecular weight excluding hydrogens is 300 g/mol. The number of nitrogens with zero attached hydrogens (tertiary/aromatic N) is 3. The van der Waals surface area contributed by atoms with Crippen molar-refractivity contribution in [1.29, 1.82) is 0 Å². The molecule has 1 amide bonds. The highest BCUT2D eigenvalue weighted by Crippen LogP contribution is 2.42. The molecule has 0 bridgehead atoms. The molecule has 0 radical (unpaired) electrons. The molecule has 3 fully saturated rings. The van der Waals surface area contributed by atoms with Gasteiger partial charge in [0.1, 0.15) is 11.6 Å². The minimum atomic E-state index is -0.270. The fourth-order valence-corrected chi connectivity index (χ4v) is 4.19. The Morgan fingerprint density at radius 2 is 2.45 bits per heavy atom. The van der Waals surface area contributed by atoms with Crippen molar-refractivity contribution in [2.75, 3.05) is 31.1 Å². The second-order valence-corrected chi connectivity index (χ2v) is 7.75. The van der Waals surface area contributed by atoms with Crippen molar-refractivity contribution in [3.05, 3.63) is 5.51 Å². The lowest BCUT2D eigenvalue weighted by molar-refractivity contribution is -0.130. The molecule has 22 heavy (non-hydrogen) atoms. The SMILES string of the molecule is O=C(NCC1CC1)[C@@H]1C[C@@]2(CCCN(c3nncs3)C2)CO1. The van der Waals surface area contributed by atoms with Crippen molar-refractivity contribution in [3.8, 4) is 0 Å². The van der Waals surface area contributed by atoms with E-state index in [2.05, 4.69) is 20.4 Å². The number of hydrogen-bond donors (Lipinski definition) is 1. The van der Waals surface area contributed by atoms with E-state index >= 15 is 0 Å². The second-order valence-electron chi connectivity index (χ2n) is 6.94. The Bertz CT molecular complexity index is 534. The quantitative estimate of drug-likeness (QED) is 0.908. The Balaban J connectivity index is 1.36.